The first-order valence-electron chi connectivity index (χ1n) is 9.58. The molecule has 1 N–H and O–H groups in total. The molecule has 0 saturated carbocycles. The van der Waals surface area contributed by atoms with Crippen LogP contribution in [0.4, 0.5) is 4.79 Å². The molecular weight excluding hydrogens is 358 g/mol. The molecule has 1 aliphatic carbocycles. The predicted octanol–water partition coefficient (Wildman–Crippen LogP) is 3.26. The molecule has 0 radical (unpaired) electrons. The molecule has 0 aromatic heterocycles. The Hall–Kier alpha value is -2.41. The van der Waals surface area contributed by atoms with Gasteiger partial charge in [-0.3, -0.25) is 0 Å². The Kier molecular flexibility index (Phi) is 4.16. The van der Waals surface area contributed by atoms with Crippen LogP contribution in [0, 0.1) is 5.41 Å². The first-order chi connectivity index (χ1) is 13.6. The monoisotopic (exact) mass is 381 g/mol. The molecule has 3 heterocycles. The Morgan fingerprint density at radius 3 is 2.11 bits per heavy atom. The zero-order valence-corrected chi connectivity index (χ0v) is 15.8. The lowest BCUT2D eigenvalue weighted by Gasteiger charge is -2.50. The van der Waals surface area contributed by atoms with Crippen LogP contribution in [0.2, 0.25) is 0 Å². The van der Waals surface area contributed by atoms with Gasteiger partial charge in [0.1, 0.15) is 13.2 Å². The van der Waals surface area contributed by atoms with Crippen LogP contribution in [0.5, 0.6) is 0 Å². The smallest absolute Gasteiger partial charge is 0.407 e. The predicted molar refractivity (Wildman–Crippen MR) is 102 cm³/mol. The van der Waals surface area contributed by atoms with Crippen LogP contribution in [-0.4, -0.2) is 45.0 Å². The van der Waals surface area contributed by atoms with Gasteiger partial charge in [-0.15, -0.1) is 0 Å². The fraction of sp³-hybridized carbons (Fsp3) is 0.409. The SMILES string of the molecule is CC12COC(CNC(=O)OCC3c4ccccc4-c4ccccc43)(OC1)OC2. The summed E-state index contributed by atoms with van der Waals surface area (Å²) in [6.45, 7) is 4.08. The van der Waals surface area contributed by atoms with Crippen LogP contribution in [0.25, 0.3) is 11.1 Å². The molecular formula is C22H23NO5. The third-order valence-electron chi connectivity index (χ3n) is 5.71. The molecule has 0 spiro atoms. The van der Waals surface area contributed by atoms with E-state index >= 15 is 0 Å². The molecule has 2 aromatic carbocycles. The quantitative estimate of drug-likeness (QED) is 0.881. The second-order valence-electron chi connectivity index (χ2n) is 8.04. The first-order valence-corrected chi connectivity index (χ1v) is 9.58. The number of amides is 1. The number of hydrogen-bond donors (Lipinski definition) is 1. The van der Waals surface area contributed by atoms with Gasteiger partial charge in [-0.05, 0) is 22.3 Å². The lowest BCUT2D eigenvalue weighted by atomic mass is 9.92. The molecule has 0 atom stereocenters. The third kappa shape index (κ3) is 2.98. The number of fused-ring (bicyclic) bond motifs is 6. The minimum atomic E-state index is -1.19. The molecule has 6 nitrogen and oxygen atoms in total. The van der Waals surface area contributed by atoms with Crippen LogP contribution < -0.4 is 5.32 Å². The second kappa shape index (κ2) is 6.58. The zero-order chi connectivity index (χ0) is 19.2. The molecule has 2 aromatic rings. The molecule has 2 bridgehead atoms. The zero-order valence-electron chi connectivity index (χ0n) is 15.8. The molecule has 28 heavy (non-hydrogen) atoms. The lowest BCUT2D eigenvalue weighted by molar-refractivity contribution is -0.461. The largest absolute Gasteiger partial charge is 0.449 e. The van der Waals surface area contributed by atoms with Gasteiger partial charge in [0.15, 0.2) is 0 Å². The highest BCUT2D eigenvalue weighted by Crippen LogP contribution is 2.44. The van der Waals surface area contributed by atoms with E-state index in [9.17, 15) is 4.79 Å². The van der Waals surface area contributed by atoms with Crippen LogP contribution >= 0.6 is 0 Å². The first kappa shape index (κ1) is 17.7. The van der Waals surface area contributed by atoms with Crippen LogP contribution in [-0.2, 0) is 18.9 Å². The average molecular weight is 381 g/mol. The third-order valence-corrected chi connectivity index (χ3v) is 5.71. The van der Waals surface area contributed by atoms with Crippen molar-refractivity contribution in [3.8, 4) is 11.1 Å². The number of hydrogen-bond acceptors (Lipinski definition) is 5. The lowest BCUT2D eigenvalue weighted by Crippen LogP contribution is -2.62. The summed E-state index contributed by atoms with van der Waals surface area (Å²) in [6.07, 6.45) is -0.508. The Balaban J connectivity index is 1.22. The summed E-state index contributed by atoms with van der Waals surface area (Å²) in [5, 5.41) is 2.72. The summed E-state index contributed by atoms with van der Waals surface area (Å²) in [7, 11) is 0. The maximum atomic E-state index is 12.3. The standard InChI is InChI=1S/C22H23NO5/c1-21-12-26-22(27-13-21,28-14-21)11-23-20(24)25-10-19-17-8-4-2-6-15(17)16-7-3-5-9-18(16)19/h2-9,19H,10-14H2,1H3,(H,23,24). The van der Waals surface area contributed by atoms with Crippen molar-refractivity contribution in [2.45, 2.75) is 18.8 Å². The maximum absolute atomic E-state index is 12.3. The van der Waals surface area contributed by atoms with Gasteiger partial charge in [0.25, 0.3) is 0 Å². The Morgan fingerprint density at radius 1 is 1.00 bits per heavy atom. The van der Waals surface area contributed by atoms with Gasteiger partial charge in [0.2, 0.25) is 0 Å². The van der Waals surface area contributed by atoms with Crippen molar-refractivity contribution in [1.82, 2.24) is 5.32 Å². The summed E-state index contributed by atoms with van der Waals surface area (Å²) in [5.74, 6) is -1.16. The van der Waals surface area contributed by atoms with Gasteiger partial charge in [0.05, 0.1) is 19.8 Å². The van der Waals surface area contributed by atoms with E-state index in [1.165, 1.54) is 22.3 Å². The van der Waals surface area contributed by atoms with Gasteiger partial charge >= 0.3 is 12.1 Å². The highest BCUT2D eigenvalue weighted by Gasteiger charge is 2.50. The van der Waals surface area contributed by atoms with Gasteiger partial charge in [-0.2, -0.15) is 0 Å². The van der Waals surface area contributed by atoms with Crippen molar-refractivity contribution >= 4 is 6.09 Å². The average Bonchev–Trinajstić information content (AvgIpc) is 3.06. The van der Waals surface area contributed by atoms with Crippen molar-refractivity contribution in [3.05, 3.63) is 59.7 Å². The molecule has 3 aliphatic heterocycles. The van der Waals surface area contributed by atoms with Crippen LogP contribution in [0.1, 0.15) is 24.0 Å². The van der Waals surface area contributed by atoms with Gasteiger partial charge < -0.3 is 24.3 Å². The number of benzene rings is 2. The number of nitrogens with one attached hydrogen (secondary N) is 1. The van der Waals surface area contributed by atoms with Gasteiger partial charge in [-0.1, -0.05) is 55.5 Å². The van der Waals surface area contributed by atoms with Crippen molar-refractivity contribution in [3.63, 3.8) is 0 Å². The maximum Gasteiger partial charge on any atom is 0.407 e. The van der Waals surface area contributed by atoms with E-state index in [-0.39, 0.29) is 24.5 Å². The molecule has 3 fully saturated rings. The van der Waals surface area contributed by atoms with Crippen molar-refractivity contribution in [1.29, 1.82) is 0 Å². The summed E-state index contributed by atoms with van der Waals surface area (Å²) in [5.41, 5.74) is 4.67. The molecule has 146 valence electrons. The molecule has 0 unspecified atom stereocenters. The minimum Gasteiger partial charge on any atom is -0.449 e. The van der Waals surface area contributed by atoms with Gasteiger partial charge in [0, 0.05) is 11.3 Å². The Labute approximate surface area is 163 Å². The highest BCUT2D eigenvalue weighted by molar-refractivity contribution is 5.79. The summed E-state index contributed by atoms with van der Waals surface area (Å²) < 4.78 is 22.6. The fourth-order valence-corrected chi connectivity index (χ4v) is 4.09. The fourth-order valence-electron chi connectivity index (χ4n) is 4.09. The Morgan fingerprint density at radius 2 is 1.54 bits per heavy atom. The van der Waals surface area contributed by atoms with Crippen LogP contribution in [0.15, 0.2) is 48.5 Å². The number of rotatable bonds is 4. The normalized spacial score (nSPS) is 27.9. The molecule has 4 aliphatic rings. The molecule has 3 saturated heterocycles. The number of carbonyl (C=O) groups excluding carboxylic acids is 1. The van der Waals surface area contributed by atoms with Crippen LogP contribution in [0.3, 0.4) is 0 Å². The second-order valence-corrected chi connectivity index (χ2v) is 8.04. The molecule has 6 heteroatoms. The summed E-state index contributed by atoms with van der Waals surface area (Å²) in [6, 6.07) is 16.5. The number of ether oxygens (including phenoxy) is 4. The van der Waals surface area contributed by atoms with E-state index < -0.39 is 12.1 Å². The number of alkyl carbamates (subject to hydrolysis) is 1. The topological polar surface area (TPSA) is 66.0 Å². The van der Waals surface area contributed by atoms with Crippen molar-refractivity contribution < 1.29 is 23.7 Å². The van der Waals surface area contributed by atoms with E-state index in [0.717, 1.165) is 0 Å². The van der Waals surface area contributed by atoms with Gasteiger partial charge in [-0.25, -0.2) is 4.79 Å². The van der Waals surface area contributed by atoms with Crippen molar-refractivity contribution in [2.75, 3.05) is 33.0 Å². The highest BCUT2D eigenvalue weighted by atomic mass is 16.9. The van der Waals surface area contributed by atoms with E-state index in [1.807, 2.05) is 24.3 Å². The molecule has 6 rings (SSSR count). The van der Waals surface area contributed by atoms with E-state index in [0.29, 0.717) is 19.8 Å². The Bertz CT molecular complexity index is 841. The van der Waals surface area contributed by atoms with E-state index in [1.54, 1.807) is 0 Å². The van der Waals surface area contributed by atoms with E-state index in [2.05, 4.69) is 36.5 Å². The summed E-state index contributed by atoms with van der Waals surface area (Å²) in [4.78, 5) is 12.3. The summed E-state index contributed by atoms with van der Waals surface area (Å²) >= 11 is 0. The van der Waals surface area contributed by atoms with E-state index in [4.69, 9.17) is 18.9 Å². The molecule has 1 amide bonds. The number of carbonyl (C=O) groups is 1. The minimum absolute atomic E-state index is 0.0325. The van der Waals surface area contributed by atoms with Crippen molar-refractivity contribution in [2.24, 2.45) is 5.41 Å².